The molecule has 9 nitrogen and oxygen atoms in total. The second-order valence-electron chi connectivity index (χ2n) is 9.32. The Kier molecular flexibility index (Phi) is 6.29. The first kappa shape index (κ1) is 23.1. The van der Waals surface area contributed by atoms with Crippen molar-refractivity contribution in [2.75, 3.05) is 36.4 Å². The summed E-state index contributed by atoms with van der Waals surface area (Å²) in [5.74, 6) is 0.392. The van der Waals surface area contributed by atoms with E-state index in [2.05, 4.69) is 60.0 Å². The molecule has 0 aromatic carbocycles. The summed E-state index contributed by atoms with van der Waals surface area (Å²) in [5, 5.41) is 3.14. The number of imidazole rings is 1. The first-order chi connectivity index (χ1) is 16.9. The SMILES string of the molecule is CC(C)N1CCN(c2ccc(Nc3nccc(-c4cc5c(ncn5C(C)C)c(F)n4)n3)nc2)CC1. The van der Waals surface area contributed by atoms with Crippen LogP contribution in [0.3, 0.4) is 0 Å². The van der Waals surface area contributed by atoms with Gasteiger partial charge in [0.25, 0.3) is 0 Å². The van der Waals surface area contributed by atoms with E-state index in [9.17, 15) is 4.39 Å². The summed E-state index contributed by atoms with van der Waals surface area (Å²) in [6.45, 7) is 12.6. The standard InChI is InChI=1S/C25H30FN9/c1-16(2)33-9-11-34(12-10-33)18-5-6-22(28-14-18)32-25-27-8-7-19(31-25)20-13-21-23(24(26)30-20)29-15-35(21)17(3)4/h5-8,13-17H,9-12H2,1-4H3,(H,27,28,31,32). The maximum atomic E-state index is 14.6. The average molecular weight is 476 g/mol. The van der Waals surface area contributed by atoms with Gasteiger partial charge in [-0.15, -0.1) is 0 Å². The van der Waals surface area contributed by atoms with Crippen LogP contribution >= 0.6 is 0 Å². The second-order valence-corrected chi connectivity index (χ2v) is 9.32. The third-order valence-electron chi connectivity index (χ3n) is 6.39. The van der Waals surface area contributed by atoms with Crippen molar-refractivity contribution >= 4 is 28.5 Å². The maximum absolute atomic E-state index is 14.6. The minimum Gasteiger partial charge on any atom is -0.368 e. The van der Waals surface area contributed by atoms with Gasteiger partial charge in [-0.2, -0.15) is 4.39 Å². The first-order valence-corrected chi connectivity index (χ1v) is 12.0. The molecule has 5 heterocycles. The Hall–Kier alpha value is -3.66. The number of aromatic nitrogens is 6. The van der Waals surface area contributed by atoms with Gasteiger partial charge in [-0.05, 0) is 52.0 Å². The normalized spacial score (nSPS) is 14.9. The van der Waals surface area contributed by atoms with Crippen molar-refractivity contribution in [3.05, 3.63) is 48.9 Å². The lowest BCUT2D eigenvalue weighted by Gasteiger charge is -2.38. The molecule has 0 bridgehead atoms. The van der Waals surface area contributed by atoms with E-state index in [0.29, 0.717) is 34.7 Å². The summed E-state index contributed by atoms with van der Waals surface area (Å²) in [6.07, 6.45) is 5.13. The first-order valence-electron chi connectivity index (χ1n) is 12.0. The Bertz CT molecular complexity index is 1310. The molecular formula is C25H30FN9. The molecule has 182 valence electrons. The minimum atomic E-state index is -0.614. The summed E-state index contributed by atoms with van der Waals surface area (Å²) in [5.41, 5.74) is 2.97. The molecule has 4 aromatic heterocycles. The van der Waals surface area contributed by atoms with Crippen molar-refractivity contribution in [3.63, 3.8) is 0 Å². The Balaban J connectivity index is 1.32. The number of fused-ring (bicyclic) bond motifs is 1. The van der Waals surface area contributed by atoms with Crippen LogP contribution < -0.4 is 10.2 Å². The molecule has 10 heteroatoms. The smallest absolute Gasteiger partial charge is 0.241 e. The van der Waals surface area contributed by atoms with Crippen LogP contribution in [-0.4, -0.2) is 66.6 Å². The van der Waals surface area contributed by atoms with Crippen molar-refractivity contribution in [1.29, 1.82) is 0 Å². The summed E-state index contributed by atoms with van der Waals surface area (Å²) in [6, 6.07) is 8.22. The second kappa shape index (κ2) is 9.53. The highest BCUT2D eigenvalue weighted by Gasteiger charge is 2.19. The molecule has 0 spiro atoms. The van der Waals surface area contributed by atoms with Gasteiger partial charge in [-0.3, -0.25) is 4.90 Å². The molecule has 0 aliphatic carbocycles. The third-order valence-corrected chi connectivity index (χ3v) is 6.39. The van der Waals surface area contributed by atoms with E-state index in [-0.39, 0.29) is 11.6 Å². The van der Waals surface area contributed by atoms with Crippen molar-refractivity contribution in [2.24, 2.45) is 0 Å². The zero-order valence-electron chi connectivity index (χ0n) is 20.5. The number of nitrogens with one attached hydrogen (secondary N) is 1. The van der Waals surface area contributed by atoms with Crippen molar-refractivity contribution in [1.82, 2.24) is 34.4 Å². The summed E-state index contributed by atoms with van der Waals surface area (Å²) in [4.78, 5) is 26.5. The van der Waals surface area contributed by atoms with Crippen LogP contribution in [0.5, 0.6) is 0 Å². The summed E-state index contributed by atoms with van der Waals surface area (Å²) < 4.78 is 16.6. The lowest BCUT2D eigenvalue weighted by molar-refractivity contribution is 0.209. The van der Waals surface area contributed by atoms with Crippen LogP contribution in [0, 0.1) is 5.95 Å². The lowest BCUT2D eigenvalue weighted by Crippen LogP contribution is -2.48. The topological polar surface area (TPSA) is 87.9 Å². The maximum Gasteiger partial charge on any atom is 0.241 e. The van der Waals surface area contributed by atoms with Gasteiger partial charge in [-0.25, -0.2) is 24.9 Å². The predicted molar refractivity (Wildman–Crippen MR) is 135 cm³/mol. The highest BCUT2D eigenvalue weighted by molar-refractivity contribution is 5.79. The van der Waals surface area contributed by atoms with Gasteiger partial charge < -0.3 is 14.8 Å². The fourth-order valence-electron chi connectivity index (χ4n) is 4.36. The van der Waals surface area contributed by atoms with E-state index in [0.717, 1.165) is 31.9 Å². The Morgan fingerprint density at radius 2 is 1.69 bits per heavy atom. The van der Waals surface area contributed by atoms with E-state index in [1.807, 2.05) is 36.7 Å². The van der Waals surface area contributed by atoms with E-state index in [1.54, 1.807) is 18.6 Å². The van der Waals surface area contributed by atoms with Gasteiger partial charge in [0.2, 0.25) is 11.9 Å². The van der Waals surface area contributed by atoms with Gasteiger partial charge in [-0.1, -0.05) is 0 Å². The number of pyridine rings is 2. The predicted octanol–water partition coefficient (Wildman–Crippen LogP) is 4.28. The fourth-order valence-corrected chi connectivity index (χ4v) is 4.36. The van der Waals surface area contributed by atoms with E-state index in [1.165, 1.54) is 0 Å². The number of piperazine rings is 1. The van der Waals surface area contributed by atoms with Crippen LogP contribution in [0.25, 0.3) is 22.4 Å². The number of hydrogen-bond acceptors (Lipinski definition) is 8. The lowest BCUT2D eigenvalue weighted by atomic mass is 10.2. The Morgan fingerprint density at radius 1 is 0.886 bits per heavy atom. The molecule has 1 fully saturated rings. The van der Waals surface area contributed by atoms with Crippen LogP contribution in [-0.2, 0) is 0 Å². The zero-order valence-corrected chi connectivity index (χ0v) is 20.5. The number of halogens is 1. The highest BCUT2D eigenvalue weighted by atomic mass is 19.1. The van der Waals surface area contributed by atoms with Crippen molar-refractivity contribution in [3.8, 4) is 11.4 Å². The number of nitrogens with zero attached hydrogens (tertiary/aromatic N) is 8. The molecule has 5 rings (SSSR count). The van der Waals surface area contributed by atoms with Crippen LogP contribution in [0.4, 0.5) is 21.8 Å². The molecule has 0 amide bonds. The molecule has 35 heavy (non-hydrogen) atoms. The molecule has 0 radical (unpaired) electrons. The molecular weight excluding hydrogens is 445 g/mol. The minimum absolute atomic E-state index is 0.144. The van der Waals surface area contributed by atoms with E-state index < -0.39 is 5.95 Å². The van der Waals surface area contributed by atoms with E-state index in [4.69, 9.17) is 0 Å². The quantitative estimate of drug-likeness (QED) is 0.414. The Labute approximate surface area is 204 Å². The number of rotatable bonds is 6. The highest BCUT2D eigenvalue weighted by Crippen LogP contribution is 2.25. The molecule has 1 aliphatic heterocycles. The zero-order chi connectivity index (χ0) is 24.5. The molecule has 1 aliphatic rings. The van der Waals surface area contributed by atoms with Crippen LogP contribution in [0.2, 0.25) is 0 Å². The molecule has 1 saturated heterocycles. The largest absolute Gasteiger partial charge is 0.368 e. The molecule has 0 unspecified atom stereocenters. The monoisotopic (exact) mass is 475 g/mol. The van der Waals surface area contributed by atoms with Crippen LogP contribution in [0.15, 0.2) is 43.0 Å². The number of hydrogen-bond donors (Lipinski definition) is 1. The van der Waals surface area contributed by atoms with Crippen molar-refractivity contribution in [2.45, 2.75) is 39.8 Å². The summed E-state index contributed by atoms with van der Waals surface area (Å²) >= 11 is 0. The van der Waals surface area contributed by atoms with Gasteiger partial charge in [0, 0.05) is 44.5 Å². The Morgan fingerprint density at radius 3 is 2.37 bits per heavy atom. The molecule has 4 aromatic rings. The molecule has 0 atom stereocenters. The molecule has 0 saturated carbocycles. The van der Waals surface area contributed by atoms with Gasteiger partial charge in [0.05, 0.1) is 35.1 Å². The molecule has 1 N–H and O–H groups in total. The van der Waals surface area contributed by atoms with Gasteiger partial charge in [0.15, 0.2) is 0 Å². The van der Waals surface area contributed by atoms with Crippen LogP contribution in [0.1, 0.15) is 33.7 Å². The number of anilines is 3. The fraction of sp³-hybridized carbons (Fsp3) is 0.400. The van der Waals surface area contributed by atoms with Crippen molar-refractivity contribution < 1.29 is 4.39 Å². The van der Waals surface area contributed by atoms with Gasteiger partial charge in [0.1, 0.15) is 11.3 Å². The van der Waals surface area contributed by atoms with Gasteiger partial charge >= 0.3 is 0 Å². The third kappa shape index (κ3) is 4.79. The summed E-state index contributed by atoms with van der Waals surface area (Å²) in [7, 11) is 0. The van der Waals surface area contributed by atoms with E-state index >= 15 is 0 Å². The average Bonchev–Trinajstić information content (AvgIpc) is 3.30.